The van der Waals surface area contributed by atoms with Crippen molar-refractivity contribution in [2.75, 3.05) is 20.2 Å². The maximum absolute atomic E-state index is 12.3. The van der Waals surface area contributed by atoms with Crippen LogP contribution in [-0.4, -0.2) is 37.0 Å². The maximum atomic E-state index is 12.3. The van der Waals surface area contributed by atoms with Gasteiger partial charge in [-0.2, -0.15) is 0 Å². The van der Waals surface area contributed by atoms with E-state index in [1.54, 1.807) is 13.2 Å². The molecule has 0 fully saturated rings. The van der Waals surface area contributed by atoms with Crippen molar-refractivity contribution in [2.45, 2.75) is 20.3 Å². The number of rotatable bonds is 8. The van der Waals surface area contributed by atoms with Gasteiger partial charge in [-0.15, -0.1) is 0 Å². The Morgan fingerprint density at radius 1 is 1.08 bits per heavy atom. The van der Waals surface area contributed by atoms with Gasteiger partial charge in [0, 0.05) is 25.5 Å². The Hall–Kier alpha value is -2.89. The number of nitrogens with zero attached hydrogens (tertiary/aromatic N) is 1. The third-order valence-corrected chi connectivity index (χ3v) is 3.77. The summed E-state index contributed by atoms with van der Waals surface area (Å²) in [5, 5.41) is 5.67. The average molecular weight is 355 g/mol. The monoisotopic (exact) mass is 355 g/mol. The van der Waals surface area contributed by atoms with E-state index in [-0.39, 0.29) is 11.8 Å². The lowest BCUT2D eigenvalue weighted by Gasteiger charge is -2.09. The van der Waals surface area contributed by atoms with Crippen LogP contribution < -0.4 is 15.4 Å². The van der Waals surface area contributed by atoms with Crippen LogP contribution in [0.1, 0.15) is 40.1 Å². The van der Waals surface area contributed by atoms with E-state index < -0.39 is 0 Å². The molecular formula is C20H25N3O3. The van der Waals surface area contributed by atoms with Crippen LogP contribution >= 0.6 is 0 Å². The third kappa shape index (κ3) is 5.88. The molecule has 6 heteroatoms. The van der Waals surface area contributed by atoms with Crippen molar-refractivity contribution >= 4 is 11.8 Å². The minimum atomic E-state index is -0.251. The molecule has 0 bridgehead atoms. The summed E-state index contributed by atoms with van der Waals surface area (Å²) in [5.41, 5.74) is 1.82. The molecule has 26 heavy (non-hydrogen) atoms. The molecule has 0 aliphatic carbocycles. The largest absolute Gasteiger partial charge is 0.497 e. The van der Waals surface area contributed by atoms with E-state index in [9.17, 15) is 9.59 Å². The fourth-order valence-corrected chi connectivity index (χ4v) is 2.34. The summed E-state index contributed by atoms with van der Waals surface area (Å²) in [7, 11) is 1.62. The van der Waals surface area contributed by atoms with Crippen molar-refractivity contribution in [3.05, 3.63) is 59.4 Å². The number of amides is 2. The summed E-state index contributed by atoms with van der Waals surface area (Å²) in [6.45, 7) is 5.10. The van der Waals surface area contributed by atoms with Gasteiger partial charge in [0.1, 0.15) is 5.75 Å². The minimum absolute atomic E-state index is 0.225. The van der Waals surface area contributed by atoms with Gasteiger partial charge in [0.25, 0.3) is 11.8 Å². The Morgan fingerprint density at radius 2 is 1.77 bits per heavy atom. The standard InChI is InChI=1S/C20H25N3O3/c1-14(2)11-23-20(25)17-10-16(12-21-13-17)19(24)22-8-7-15-5-4-6-18(9-15)26-3/h4-6,9-10,12-14H,7-8,11H2,1-3H3,(H,22,24)(H,23,25). The molecule has 0 saturated heterocycles. The summed E-state index contributed by atoms with van der Waals surface area (Å²) < 4.78 is 5.19. The first-order chi connectivity index (χ1) is 12.5. The van der Waals surface area contributed by atoms with E-state index in [0.29, 0.717) is 36.6 Å². The average Bonchev–Trinajstić information content (AvgIpc) is 2.66. The van der Waals surface area contributed by atoms with Crippen molar-refractivity contribution in [2.24, 2.45) is 5.92 Å². The van der Waals surface area contributed by atoms with Crippen LogP contribution in [0.15, 0.2) is 42.7 Å². The number of hydrogen-bond acceptors (Lipinski definition) is 4. The van der Waals surface area contributed by atoms with E-state index in [1.807, 2.05) is 38.1 Å². The zero-order valence-corrected chi connectivity index (χ0v) is 15.4. The highest BCUT2D eigenvalue weighted by Gasteiger charge is 2.11. The molecule has 1 aromatic carbocycles. The van der Waals surface area contributed by atoms with Gasteiger partial charge < -0.3 is 15.4 Å². The second-order valence-corrected chi connectivity index (χ2v) is 6.42. The number of aromatic nitrogens is 1. The Kier molecular flexibility index (Phi) is 7.14. The number of pyridine rings is 1. The van der Waals surface area contributed by atoms with E-state index in [4.69, 9.17) is 4.74 Å². The number of hydrogen-bond donors (Lipinski definition) is 2. The predicted molar refractivity (Wildman–Crippen MR) is 100 cm³/mol. The van der Waals surface area contributed by atoms with Gasteiger partial charge in [0.05, 0.1) is 18.2 Å². The van der Waals surface area contributed by atoms with Gasteiger partial charge in [-0.1, -0.05) is 26.0 Å². The molecule has 1 aromatic heterocycles. The van der Waals surface area contributed by atoms with E-state index in [0.717, 1.165) is 11.3 Å². The summed E-state index contributed by atoms with van der Waals surface area (Å²) in [6.07, 6.45) is 3.60. The predicted octanol–water partition coefficient (Wildman–Crippen LogP) is 2.45. The first-order valence-electron chi connectivity index (χ1n) is 8.64. The molecule has 0 radical (unpaired) electrons. The second-order valence-electron chi connectivity index (χ2n) is 6.42. The van der Waals surface area contributed by atoms with Crippen molar-refractivity contribution in [3.8, 4) is 5.75 Å². The van der Waals surface area contributed by atoms with Crippen LogP contribution in [0.2, 0.25) is 0 Å². The van der Waals surface area contributed by atoms with Gasteiger partial charge in [-0.3, -0.25) is 14.6 Å². The van der Waals surface area contributed by atoms with Gasteiger partial charge >= 0.3 is 0 Å². The number of carbonyl (C=O) groups is 2. The molecule has 2 aromatic rings. The summed E-state index contributed by atoms with van der Waals surface area (Å²) >= 11 is 0. The lowest BCUT2D eigenvalue weighted by atomic mass is 10.1. The van der Waals surface area contributed by atoms with E-state index in [2.05, 4.69) is 15.6 Å². The molecule has 2 rings (SSSR count). The highest BCUT2D eigenvalue weighted by Crippen LogP contribution is 2.12. The van der Waals surface area contributed by atoms with Crippen LogP contribution in [0.5, 0.6) is 5.75 Å². The van der Waals surface area contributed by atoms with Crippen LogP contribution in [-0.2, 0) is 6.42 Å². The van der Waals surface area contributed by atoms with Crippen LogP contribution in [0.4, 0.5) is 0 Å². The number of benzene rings is 1. The van der Waals surface area contributed by atoms with Gasteiger partial charge in [-0.25, -0.2) is 0 Å². The van der Waals surface area contributed by atoms with Crippen LogP contribution in [0, 0.1) is 5.92 Å². The Bertz CT molecular complexity index is 759. The molecule has 0 aliphatic rings. The van der Waals surface area contributed by atoms with Crippen molar-refractivity contribution in [3.63, 3.8) is 0 Å². The fraction of sp³-hybridized carbons (Fsp3) is 0.350. The maximum Gasteiger partial charge on any atom is 0.252 e. The summed E-state index contributed by atoms with van der Waals surface area (Å²) in [5.74, 6) is 0.671. The Balaban J connectivity index is 1.90. The molecule has 1 heterocycles. The highest BCUT2D eigenvalue weighted by atomic mass is 16.5. The number of nitrogens with one attached hydrogen (secondary N) is 2. The third-order valence-electron chi connectivity index (χ3n) is 3.77. The smallest absolute Gasteiger partial charge is 0.252 e. The lowest BCUT2D eigenvalue weighted by Crippen LogP contribution is -2.29. The first kappa shape index (κ1) is 19.4. The van der Waals surface area contributed by atoms with Crippen LogP contribution in [0.25, 0.3) is 0 Å². The van der Waals surface area contributed by atoms with Crippen molar-refractivity contribution in [1.29, 1.82) is 0 Å². The van der Waals surface area contributed by atoms with Crippen LogP contribution in [0.3, 0.4) is 0 Å². The molecule has 0 aliphatic heterocycles. The van der Waals surface area contributed by atoms with E-state index >= 15 is 0 Å². The minimum Gasteiger partial charge on any atom is -0.497 e. The number of carbonyl (C=O) groups excluding carboxylic acids is 2. The molecule has 6 nitrogen and oxygen atoms in total. The first-order valence-corrected chi connectivity index (χ1v) is 8.64. The summed E-state index contributed by atoms with van der Waals surface area (Å²) in [6, 6.07) is 9.27. The van der Waals surface area contributed by atoms with E-state index in [1.165, 1.54) is 12.4 Å². The fourth-order valence-electron chi connectivity index (χ4n) is 2.34. The molecule has 0 unspecified atom stereocenters. The Morgan fingerprint density at radius 3 is 2.42 bits per heavy atom. The lowest BCUT2D eigenvalue weighted by molar-refractivity contribution is 0.0948. The number of methoxy groups -OCH3 is 1. The molecule has 138 valence electrons. The topological polar surface area (TPSA) is 80.3 Å². The molecule has 0 spiro atoms. The van der Waals surface area contributed by atoms with Gasteiger partial charge in [-0.05, 0) is 36.1 Å². The molecular weight excluding hydrogens is 330 g/mol. The van der Waals surface area contributed by atoms with Crippen molar-refractivity contribution < 1.29 is 14.3 Å². The molecule has 2 amide bonds. The van der Waals surface area contributed by atoms with Gasteiger partial charge in [0.15, 0.2) is 0 Å². The van der Waals surface area contributed by atoms with Crippen molar-refractivity contribution in [1.82, 2.24) is 15.6 Å². The van der Waals surface area contributed by atoms with Gasteiger partial charge in [0.2, 0.25) is 0 Å². The second kappa shape index (κ2) is 9.56. The highest BCUT2D eigenvalue weighted by molar-refractivity contribution is 5.99. The molecule has 2 N–H and O–H groups in total. The quantitative estimate of drug-likeness (QED) is 0.762. The molecule has 0 saturated carbocycles. The normalized spacial score (nSPS) is 10.5. The SMILES string of the molecule is COc1cccc(CCNC(=O)c2cncc(C(=O)NCC(C)C)c2)c1. The zero-order valence-electron chi connectivity index (χ0n) is 15.4. The number of ether oxygens (including phenoxy) is 1. The summed E-state index contributed by atoms with van der Waals surface area (Å²) in [4.78, 5) is 28.4. The molecule has 0 atom stereocenters. The zero-order chi connectivity index (χ0) is 18.9. The Labute approximate surface area is 154 Å².